The molecule has 1 fully saturated rings. The number of phosphoric acid groups is 1. The summed E-state index contributed by atoms with van der Waals surface area (Å²) in [6.07, 6.45) is 16.2. The van der Waals surface area contributed by atoms with Gasteiger partial charge in [0.1, 0.15) is 36.6 Å². The van der Waals surface area contributed by atoms with Gasteiger partial charge >= 0.3 is 7.82 Å². The first-order chi connectivity index (χ1) is 25.8. The molecular weight excluding hydrogens is 717 g/mol. The Hall–Kier alpha value is -0.960. The molecule has 1 aliphatic rings. The van der Waals surface area contributed by atoms with Gasteiger partial charge in [-0.15, -0.1) is 0 Å². The molecule has 9 N–H and O–H groups in total. The maximum atomic E-state index is 12.9. The molecular formula is C40H78NO12P. The van der Waals surface area contributed by atoms with Crippen molar-refractivity contribution in [3.05, 3.63) is 12.2 Å². The van der Waals surface area contributed by atoms with E-state index in [1.54, 1.807) is 6.08 Å². The van der Waals surface area contributed by atoms with Gasteiger partial charge in [0.25, 0.3) is 0 Å². The standard InChI is InChI=1S/C40H78NO12P/c1-3-5-7-9-11-13-14-15-16-17-18-20-21-23-25-27-31(42)29-34(44)41-32(33(43)28-26-24-22-19-12-10-8-6-4-2)30-52-54(50,51)53-40-38(48)36(46)35(45)37(47)39(40)49/h26,28,31-33,35-40,42-43,45-49H,3-25,27,29-30H2,1-2H3,(H,41,44)(H,50,51)/b28-26+. The van der Waals surface area contributed by atoms with E-state index in [4.69, 9.17) is 9.05 Å². The monoisotopic (exact) mass is 796 g/mol. The molecule has 0 saturated heterocycles. The van der Waals surface area contributed by atoms with Gasteiger partial charge in [-0.1, -0.05) is 161 Å². The van der Waals surface area contributed by atoms with Crippen LogP contribution in [-0.4, -0.2) is 108 Å². The van der Waals surface area contributed by atoms with Crippen molar-refractivity contribution in [3.63, 3.8) is 0 Å². The number of unbranched alkanes of at least 4 members (excludes halogenated alkanes) is 21. The number of hydrogen-bond donors (Lipinski definition) is 9. The maximum absolute atomic E-state index is 12.9. The van der Waals surface area contributed by atoms with Gasteiger partial charge in [-0.2, -0.15) is 0 Å². The SMILES string of the molecule is CCCCCCCCC/C=C/C(O)C(COP(=O)(O)OC1C(O)C(O)C(O)C(O)C1O)NC(=O)CC(O)CCCCCCCCCCCCCCCCC. The minimum Gasteiger partial charge on any atom is -0.393 e. The van der Waals surface area contributed by atoms with Crippen LogP contribution in [0.4, 0.5) is 0 Å². The second-order valence-corrected chi connectivity index (χ2v) is 16.8. The van der Waals surface area contributed by atoms with Crippen molar-refractivity contribution in [2.75, 3.05) is 6.61 Å². The molecule has 8 unspecified atom stereocenters. The lowest BCUT2D eigenvalue weighted by Gasteiger charge is -2.41. The molecule has 0 aromatic rings. The van der Waals surface area contributed by atoms with Gasteiger partial charge < -0.3 is 46.0 Å². The quantitative estimate of drug-likeness (QED) is 0.0212. The molecule has 0 aromatic heterocycles. The second-order valence-electron chi connectivity index (χ2n) is 15.4. The number of aliphatic hydroxyl groups excluding tert-OH is 7. The number of hydrogen-bond acceptors (Lipinski definition) is 11. The van der Waals surface area contributed by atoms with Crippen LogP contribution in [0.1, 0.15) is 174 Å². The lowest BCUT2D eigenvalue weighted by atomic mass is 9.85. The lowest BCUT2D eigenvalue weighted by Crippen LogP contribution is -2.64. The molecule has 0 heterocycles. The third-order valence-electron chi connectivity index (χ3n) is 10.4. The molecule has 1 amide bonds. The van der Waals surface area contributed by atoms with Crippen molar-refractivity contribution in [1.82, 2.24) is 5.32 Å². The van der Waals surface area contributed by atoms with E-state index in [9.17, 15) is 50.0 Å². The Kier molecular flexibility index (Phi) is 29.4. The number of carbonyl (C=O) groups is 1. The fourth-order valence-corrected chi connectivity index (χ4v) is 7.79. The minimum atomic E-state index is -5.13. The molecule has 0 bridgehead atoms. The molecule has 0 spiro atoms. The second kappa shape index (κ2) is 31.1. The van der Waals surface area contributed by atoms with Crippen LogP contribution in [-0.2, 0) is 18.4 Å². The fraction of sp³-hybridized carbons (Fsp3) is 0.925. The summed E-state index contributed by atoms with van der Waals surface area (Å²) in [7, 11) is -5.13. The third-order valence-corrected chi connectivity index (χ3v) is 11.4. The molecule has 0 radical (unpaired) electrons. The largest absolute Gasteiger partial charge is 0.472 e. The molecule has 54 heavy (non-hydrogen) atoms. The van der Waals surface area contributed by atoms with E-state index in [0.717, 1.165) is 44.9 Å². The maximum Gasteiger partial charge on any atom is 0.472 e. The number of rotatable bonds is 34. The zero-order valence-electron chi connectivity index (χ0n) is 33.4. The van der Waals surface area contributed by atoms with Crippen LogP contribution in [0.3, 0.4) is 0 Å². The molecule has 8 atom stereocenters. The van der Waals surface area contributed by atoms with Crippen molar-refractivity contribution < 1.29 is 59.0 Å². The van der Waals surface area contributed by atoms with E-state index in [0.29, 0.717) is 12.8 Å². The van der Waals surface area contributed by atoms with Gasteiger partial charge in [0.05, 0.1) is 31.3 Å². The van der Waals surface area contributed by atoms with Crippen LogP contribution in [0, 0.1) is 0 Å². The van der Waals surface area contributed by atoms with Crippen LogP contribution in [0.15, 0.2) is 12.2 Å². The molecule has 0 aromatic carbocycles. The molecule has 1 saturated carbocycles. The van der Waals surface area contributed by atoms with E-state index in [1.165, 1.54) is 102 Å². The first kappa shape index (κ1) is 51.1. The zero-order chi connectivity index (χ0) is 40.2. The molecule has 13 nitrogen and oxygen atoms in total. The summed E-state index contributed by atoms with van der Waals surface area (Å²) in [6.45, 7) is 3.68. The van der Waals surface area contributed by atoms with Crippen LogP contribution >= 0.6 is 7.82 Å². The molecule has 1 rings (SSSR count). The summed E-state index contributed by atoms with van der Waals surface area (Å²) in [6, 6.07) is -1.23. The predicted molar refractivity (Wildman–Crippen MR) is 211 cm³/mol. The summed E-state index contributed by atoms with van der Waals surface area (Å²) in [5, 5.41) is 74.1. The van der Waals surface area contributed by atoms with Crippen molar-refractivity contribution >= 4 is 13.7 Å². The Morgan fingerprint density at radius 3 is 1.52 bits per heavy atom. The van der Waals surface area contributed by atoms with Gasteiger partial charge in [-0.25, -0.2) is 4.57 Å². The Balaban J connectivity index is 2.55. The van der Waals surface area contributed by atoms with E-state index in [2.05, 4.69) is 19.2 Å². The average Bonchev–Trinajstić information content (AvgIpc) is 3.14. The highest BCUT2D eigenvalue weighted by molar-refractivity contribution is 7.47. The highest BCUT2D eigenvalue weighted by Gasteiger charge is 2.51. The predicted octanol–water partition coefficient (Wildman–Crippen LogP) is 5.86. The normalized spacial score (nSPS) is 24.7. The first-order valence-electron chi connectivity index (χ1n) is 21.2. The van der Waals surface area contributed by atoms with Crippen LogP contribution in [0.2, 0.25) is 0 Å². The van der Waals surface area contributed by atoms with Gasteiger partial charge in [0.2, 0.25) is 5.91 Å². The van der Waals surface area contributed by atoms with Crippen molar-refractivity contribution in [2.24, 2.45) is 0 Å². The lowest BCUT2D eigenvalue weighted by molar-refractivity contribution is -0.220. The van der Waals surface area contributed by atoms with Crippen LogP contribution in [0.25, 0.3) is 0 Å². The summed E-state index contributed by atoms with van der Waals surface area (Å²) in [5.41, 5.74) is 0. The summed E-state index contributed by atoms with van der Waals surface area (Å²) < 4.78 is 22.7. The highest BCUT2D eigenvalue weighted by atomic mass is 31.2. The topological polar surface area (TPSA) is 226 Å². The number of allylic oxidation sites excluding steroid dienone is 1. The first-order valence-corrected chi connectivity index (χ1v) is 22.7. The van der Waals surface area contributed by atoms with E-state index in [-0.39, 0.29) is 6.42 Å². The molecule has 320 valence electrons. The van der Waals surface area contributed by atoms with Gasteiger partial charge in [0, 0.05) is 0 Å². The van der Waals surface area contributed by atoms with E-state index >= 15 is 0 Å². The Bertz CT molecular complexity index is 990. The molecule has 14 heteroatoms. The number of amides is 1. The Morgan fingerprint density at radius 2 is 1.06 bits per heavy atom. The molecule has 1 aliphatic carbocycles. The smallest absolute Gasteiger partial charge is 0.393 e. The zero-order valence-corrected chi connectivity index (χ0v) is 34.3. The summed E-state index contributed by atoms with van der Waals surface area (Å²) >= 11 is 0. The number of carbonyl (C=O) groups excluding carboxylic acids is 1. The summed E-state index contributed by atoms with van der Waals surface area (Å²) in [5.74, 6) is -0.594. The number of nitrogens with one attached hydrogen (secondary N) is 1. The fourth-order valence-electron chi connectivity index (χ4n) is 6.83. The molecule has 0 aliphatic heterocycles. The van der Waals surface area contributed by atoms with Crippen LogP contribution in [0.5, 0.6) is 0 Å². The van der Waals surface area contributed by atoms with Crippen molar-refractivity contribution in [2.45, 2.75) is 229 Å². The third kappa shape index (κ3) is 23.3. The Labute approximate surface area is 325 Å². The average molecular weight is 796 g/mol. The van der Waals surface area contributed by atoms with Gasteiger partial charge in [0.15, 0.2) is 0 Å². The number of aliphatic hydroxyl groups is 7. The highest BCUT2D eigenvalue weighted by Crippen LogP contribution is 2.47. The minimum absolute atomic E-state index is 0.241. The van der Waals surface area contributed by atoms with Crippen molar-refractivity contribution in [3.8, 4) is 0 Å². The number of phosphoric ester groups is 1. The summed E-state index contributed by atoms with van der Waals surface area (Å²) in [4.78, 5) is 23.3. The van der Waals surface area contributed by atoms with Crippen LogP contribution < -0.4 is 5.32 Å². The van der Waals surface area contributed by atoms with Crippen molar-refractivity contribution in [1.29, 1.82) is 0 Å². The van der Waals surface area contributed by atoms with E-state index < -0.39 is 75.2 Å². The van der Waals surface area contributed by atoms with Gasteiger partial charge in [-0.3, -0.25) is 13.8 Å². The van der Waals surface area contributed by atoms with Gasteiger partial charge in [-0.05, 0) is 19.3 Å². The Morgan fingerprint density at radius 1 is 0.648 bits per heavy atom. The van der Waals surface area contributed by atoms with E-state index in [1.807, 2.05) is 0 Å².